The summed E-state index contributed by atoms with van der Waals surface area (Å²) in [4.78, 5) is 5.31. The third-order valence-corrected chi connectivity index (χ3v) is 12.8. The number of amidine groups is 1. The smallest absolute Gasteiger partial charge is 0.143 e. The second-order valence-corrected chi connectivity index (χ2v) is 15.8. The summed E-state index contributed by atoms with van der Waals surface area (Å²) in [6, 6.07) is 64.8. The molecule has 57 heavy (non-hydrogen) atoms. The Hall–Kier alpha value is -6.99. The van der Waals surface area contributed by atoms with Crippen LogP contribution in [0, 0.1) is 0 Å². The van der Waals surface area contributed by atoms with Gasteiger partial charge in [-0.05, 0) is 47.5 Å². The van der Waals surface area contributed by atoms with Crippen LogP contribution in [0.15, 0.2) is 191 Å². The summed E-state index contributed by atoms with van der Waals surface area (Å²) >= 11 is 1.83. The Kier molecular flexibility index (Phi) is 7.24. The average Bonchev–Trinajstić information content (AvgIpc) is 3.96. The molecule has 2 unspecified atom stereocenters. The van der Waals surface area contributed by atoms with Crippen molar-refractivity contribution in [3.8, 4) is 16.8 Å². The van der Waals surface area contributed by atoms with Crippen molar-refractivity contribution < 1.29 is 4.42 Å². The van der Waals surface area contributed by atoms with Gasteiger partial charge in [-0.25, -0.2) is 4.99 Å². The van der Waals surface area contributed by atoms with E-state index in [2.05, 4.69) is 197 Å². The van der Waals surface area contributed by atoms with Crippen LogP contribution in [0.2, 0.25) is 0 Å². The van der Waals surface area contributed by atoms with Crippen LogP contribution >= 0.6 is 11.3 Å². The third kappa shape index (κ3) is 5.08. The molecule has 0 fully saturated rings. The number of nitrogens with zero attached hydrogens (tertiary/aromatic N) is 2. The lowest BCUT2D eigenvalue weighted by Gasteiger charge is -2.32. The van der Waals surface area contributed by atoms with E-state index in [0.29, 0.717) is 0 Å². The van der Waals surface area contributed by atoms with E-state index in [-0.39, 0.29) is 12.3 Å². The predicted octanol–water partition coefficient (Wildman–Crippen LogP) is 13.1. The number of para-hydroxylation sites is 3. The maximum atomic E-state index is 6.79. The third-order valence-electron chi connectivity index (χ3n) is 11.5. The van der Waals surface area contributed by atoms with Crippen LogP contribution in [0.3, 0.4) is 0 Å². The topological polar surface area (TPSA) is 54.5 Å². The zero-order chi connectivity index (χ0) is 37.5. The van der Waals surface area contributed by atoms with Crippen molar-refractivity contribution in [3.63, 3.8) is 0 Å². The lowest BCUT2D eigenvalue weighted by Crippen LogP contribution is -2.44. The highest BCUT2D eigenvalue weighted by molar-refractivity contribution is 7.26. The Morgan fingerprint density at radius 3 is 1.79 bits per heavy atom. The Labute approximate surface area is 332 Å². The molecule has 12 rings (SSSR count). The fourth-order valence-electron chi connectivity index (χ4n) is 8.88. The first kappa shape index (κ1) is 32.3. The van der Waals surface area contributed by atoms with Crippen molar-refractivity contribution in [3.05, 3.63) is 199 Å². The molecule has 8 aromatic carbocycles. The summed E-state index contributed by atoms with van der Waals surface area (Å²) in [6.45, 7) is 0. The molecule has 0 amide bonds. The number of benzene rings is 8. The SMILES string of the molecule is c1ccc(C2N=C(c3cccc4c3sc3c(-c5cccc6c5oc5ccc(-n7c8ccccc8c8ccccc87)cc56)cccc34)NC(c3ccccc3)N2)cc1. The summed E-state index contributed by atoms with van der Waals surface area (Å²) in [5, 5.41) is 14.7. The molecule has 2 atom stereocenters. The number of furan rings is 1. The number of thiophene rings is 1. The van der Waals surface area contributed by atoms with Gasteiger partial charge in [0.25, 0.3) is 0 Å². The molecule has 0 saturated carbocycles. The normalized spacial score (nSPS) is 15.9. The first-order valence-corrected chi connectivity index (χ1v) is 20.2. The molecule has 6 heteroatoms. The van der Waals surface area contributed by atoms with Gasteiger partial charge in [-0.2, -0.15) is 0 Å². The van der Waals surface area contributed by atoms with Crippen LogP contribution in [-0.4, -0.2) is 10.4 Å². The minimum atomic E-state index is -0.200. The van der Waals surface area contributed by atoms with Gasteiger partial charge in [0.1, 0.15) is 29.3 Å². The molecule has 0 aliphatic carbocycles. The highest BCUT2D eigenvalue weighted by Crippen LogP contribution is 2.45. The van der Waals surface area contributed by atoms with Crippen LogP contribution in [0.25, 0.3) is 80.7 Å². The highest BCUT2D eigenvalue weighted by atomic mass is 32.1. The summed E-state index contributed by atoms with van der Waals surface area (Å²) in [6.07, 6.45) is -0.306. The van der Waals surface area contributed by atoms with Crippen molar-refractivity contribution >= 4 is 81.1 Å². The number of nitrogens with one attached hydrogen (secondary N) is 2. The monoisotopic (exact) mass is 750 g/mol. The minimum absolute atomic E-state index is 0.106. The van der Waals surface area contributed by atoms with Crippen LogP contribution < -0.4 is 10.6 Å². The first-order chi connectivity index (χ1) is 28.3. The quantitative estimate of drug-likeness (QED) is 0.184. The number of rotatable bonds is 5. The van der Waals surface area contributed by atoms with Crippen molar-refractivity contribution in [1.82, 2.24) is 15.2 Å². The number of hydrogen-bond donors (Lipinski definition) is 2. The van der Waals surface area contributed by atoms with Gasteiger partial charge in [-0.3, -0.25) is 5.32 Å². The van der Waals surface area contributed by atoms with Gasteiger partial charge in [0.2, 0.25) is 0 Å². The van der Waals surface area contributed by atoms with E-state index < -0.39 is 0 Å². The molecule has 2 N–H and O–H groups in total. The lowest BCUT2D eigenvalue weighted by molar-refractivity contribution is 0.409. The van der Waals surface area contributed by atoms with Gasteiger partial charge in [0.15, 0.2) is 0 Å². The Bertz CT molecular complexity index is 3320. The van der Waals surface area contributed by atoms with E-state index in [1.807, 2.05) is 11.3 Å². The molecular formula is C51H34N4OS. The molecule has 0 spiro atoms. The zero-order valence-corrected chi connectivity index (χ0v) is 31.5. The van der Waals surface area contributed by atoms with Gasteiger partial charge < -0.3 is 14.3 Å². The molecule has 0 saturated heterocycles. The fraction of sp³-hybridized carbons (Fsp3) is 0.0392. The zero-order valence-electron chi connectivity index (χ0n) is 30.7. The van der Waals surface area contributed by atoms with Crippen molar-refractivity contribution in [2.75, 3.05) is 0 Å². The van der Waals surface area contributed by atoms with Gasteiger partial charge in [-0.1, -0.05) is 146 Å². The van der Waals surface area contributed by atoms with Crippen molar-refractivity contribution in [2.24, 2.45) is 4.99 Å². The van der Waals surface area contributed by atoms with Crippen LogP contribution in [0.1, 0.15) is 29.0 Å². The number of aromatic nitrogens is 1. The maximum Gasteiger partial charge on any atom is 0.143 e. The fourth-order valence-corrected chi connectivity index (χ4v) is 10.2. The van der Waals surface area contributed by atoms with Crippen molar-refractivity contribution in [1.29, 1.82) is 0 Å². The molecule has 5 nitrogen and oxygen atoms in total. The maximum absolute atomic E-state index is 6.79. The minimum Gasteiger partial charge on any atom is -0.455 e. The average molecular weight is 751 g/mol. The Morgan fingerprint density at radius 1 is 0.491 bits per heavy atom. The molecular weight excluding hydrogens is 717 g/mol. The molecule has 0 radical (unpaired) electrons. The van der Waals surface area contributed by atoms with Crippen LogP contribution in [0.5, 0.6) is 0 Å². The predicted molar refractivity (Wildman–Crippen MR) is 238 cm³/mol. The van der Waals surface area contributed by atoms with Gasteiger partial charge >= 0.3 is 0 Å². The lowest BCUT2D eigenvalue weighted by atomic mass is 9.99. The van der Waals surface area contributed by atoms with Gasteiger partial charge in [-0.15, -0.1) is 11.3 Å². The van der Waals surface area contributed by atoms with Gasteiger partial charge in [0, 0.05) is 64.1 Å². The Morgan fingerprint density at radius 2 is 1.07 bits per heavy atom. The molecule has 3 aromatic heterocycles. The second-order valence-electron chi connectivity index (χ2n) is 14.7. The molecule has 0 bridgehead atoms. The second kappa shape index (κ2) is 12.8. The molecule has 11 aromatic rings. The van der Waals surface area contributed by atoms with E-state index in [4.69, 9.17) is 9.41 Å². The molecule has 1 aliphatic heterocycles. The first-order valence-electron chi connectivity index (χ1n) is 19.4. The Balaban J connectivity index is 1.01. The molecule has 4 heterocycles. The standard InChI is InChI=1S/C51H34N4OS/c1-3-14-31(15-4-1)49-52-50(32-16-5-2-6-17-32)54-51(53-49)41-25-13-24-40-39-23-12-22-38(47(39)57-48(40)41)36-20-11-21-37-42-30-33(28-29-45(42)56-46(36)37)55-43-26-9-7-18-34(43)35-19-8-10-27-44(35)55/h1-30,49-50,52H,(H,53,54). The van der Waals surface area contributed by atoms with E-state index >= 15 is 0 Å². The summed E-state index contributed by atoms with van der Waals surface area (Å²) in [7, 11) is 0. The number of aliphatic imine (C=N–C) groups is 1. The van der Waals surface area contributed by atoms with E-state index in [9.17, 15) is 0 Å². The van der Waals surface area contributed by atoms with Crippen LogP contribution in [-0.2, 0) is 0 Å². The van der Waals surface area contributed by atoms with Crippen molar-refractivity contribution in [2.45, 2.75) is 12.3 Å². The highest BCUT2D eigenvalue weighted by Gasteiger charge is 2.27. The van der Waals surface area contributed by atoms with Crippen LogP contribution in [0.4, 0.5) is 0 Å². The van der Waals surface area contributed by atoms with E-state index in [1.165, 1.54) is 42.0 Å². The number of fused-ring (bicyclic) bond motifs is 9. The van der Waals surface area contributed by atoms with E-state index in [1.54, 1.807) is 0 Å². The summed E-state index contributed by atoms with van der Waals surface area (Å²) in [5.74, 6) is 0.883. The summed E-state index contributed by atoms with van der Waals surface area (Å²) in [5.41, 5.74) is 10.9. The largest absolute Gasteiger partial charge is 0.455 e. The molecule has 1 aliphatic rings. The van der Waals surface area contributed by atoms with E-state index in [0.717, 1.165) is 61.3 Å². The van der Waals surface area contributed by atoms with Gasteiger partial charge in [0.05, 0.1) is 11.0 Å². The number of hydrogen-bond acceptors (Lipinski definition) is 5. The molecule has 270 valence electrons. The summed E-state index contributed by atoms with van der Waals surface area (Å²) < 4.78 is 11.6.